The topological polar surface area (TPSA) is 168 Å². The van der Waals surface area contributed by atoms with Crippen LogP contribution in [0, 0.1) is 10.1 Å². The monoisotopic (exact) mass is 433 g/mol. The molecule has 13 heteroatoms. The summed E-state index contributed by atoms with van der Waals surface area (Å²) in [4.78, 5) is 46.2. The van der Waals surface area contributed by atoms with Crippen molar-refractivity contribution in [3.05, 3.63) is 51.6 Å². The number of nitrogens with one attached hydrogen (secondary N) is 1. The minimum absolute atomic E-state index is 0.00662. The zero-order valence-electron chi connectivity index (χ0n) is 15.4. The van der Waals surface area contributed by atoms with Crippen LogP contribution >= 0.6 is 11.6 Å². The molecule has 0 unspecified atom stereocenters. The maximum Gasteiger partial charge on any atom is 0.325 e. The summed E-state index contributed by atoms with van der Waals surface area (Å²) in [5.74, 6) is -1.02. The van der Waals surface area contributed by atoms with Crippen LogP contribution in [0.1, 0.15) is 16.8 Å². The maximum atomic E-state index is 12.1. The first-order valence-electron chi connectivity index (χ1n) is 8.66. The summed E-state index contributed by atoms with van der Waals surface area (Å²) in [6, 6.07) is 3.60. The average Bonchev–Trinajstić information content (AvgIpc) is 3.14. The number of nitrogens with two attached hydrogens (primary N) is 1. The molecule has 2 heterocycles. The molecule has 1 aromatic carbocycles. The van der Waals surface area contributed by atoms with Gasteiger partial charge in [0.25, 0.3) is 11.6 Å². The van der Waals surface area contributed by atoms with Crippen LogP contribution < -0.4 is 11.1 Å². The number of fused-ring (bicyclic) bond motifs is 1. The molecule has 3 N–H and O–H groups in total. The number of rotatable bonds is 8. The molecular formula is C17H16ClN7O5. The predicted molar refractivity (Wildman–Crippen MR) is 106 cm³/mol. The highest BCUT2D eigenvalue weighted by atomic mass is 35.5. The van der Waals surface area contributed by atoms with Gasteiger partial charge in [-0.1, -0.05) is 11.6 Å². The molecule has 2 aromatic heterocycles. The molecule has 1 amide bonds. The van der Waals surface area contributed by atoms with Gasteiger partial charge in [0.1, 0.15) is 23.4 Å². The minimum Gasteiger partial charge on any atom is -0.464 e. The Balaban J connectivity index is 1.44. The van der Waals surface area contributed by atoms with Crippen molar-refractivity contribution in [2.24, 2.45) is 0 Å². The Labute approximate surface area is 174 Å². The number of nitro benzene ring substituents is 1. The standard InChI is InChI=1S/C17H16ClN7O5/c18-11-3-2-10(6-12(11)25(28)29)17(27)20-7-13(26)30-5-1-4-24-9-23-14-15(19)21-8-22-16(14)24/h2-3,6,8-9H,1,4-5,7H2,(H,20,27)(H2,19,21,22). The van der Waals surface area contributed by atoms with Crippen molar-refractivity contribution in [2.45, 2.75) is 13.0 Å². The number of hydrogen-bond donors (Lipinski definition) is 2. The summed E-state index contributed by atoms with van der Waals surface area (Å²) in [5, 5.41) is 13.1. The van der Waals surface area contributed by atoms with Crippen LogP contribution in [0.2, 0.25) is 5.02 Å². The predicted octanol–water partition coefficient (Wildman–Crippen LogP) is 1.33. The molecule has 0 atom stereocenters. The fourth-order valence-corrected chi connectivity index (χ4v) is 2.77. The normalized spacial score (nSPS) is 10.7. The Hall–Kier alpha value is -3.80. The van der Waals surface area contributed by atoms with Gasteiger partial charge in [0.2, 0.25) is 0 Å². The third-order valence-electron chi connectivity index (χ3n) is 4.03. The number of aromatic nitrogens is 4. The molecule has 3 aromatic rings. The highest BCUT2D eigenvalue weighted by molar-refractivity contribution is 6.32. The molecule has 156 valence electrons. The number of amides is 1. The fraction of sp³-hybridized carbons (Fsp3) is 0.235. The van der Waals surface area contributed by atoms with Crippen LogP contribution in [-0.4, -0.2) is 49.5 Å². The second-order valence-electron chi connectivity index (χ2n) is 6.05. The largest absolute Gasteiger partial charge is 0.464 e. The second kappa shape index (κ2) is 9.13. The number of nitrogens with zero attached hydrogens (tertiary/aromatic N) is 5. The summed E-state index contributed by atoms with van der Waals surface area (Å²) in [7, 11) is 0. The van der Waals surface area contributed by atoms with Crippen LogP contribution in [0.5, 0.6) is 0 Å². The van der Waals surface area contributed by atoms with E-state index in [0.29, 0.717) is 24.1 Å². The van der Waals surface area contributed by atoms with Gasteiger partial charge in [0, 0.05) is 18.2 Å². The number of benzene rings is 1. The van der Waals surface area contributed by atoms with E-state index in [4.69, 9.17) is 22.1 Å². The number of carbonyl (C=O) groups excluding carboxylic acids is 2. The SMILES string of the molecule is Nc1ncnc2c1ncn2CCCOC(=O)CNC(=O)c1ccc(Cl)c([N+](=O)[O-])c1. The summed E-state index contributed by atoms with van der Waals surface area (Å²) in [5.41, 5.74) is 6.41. The smallest absolute Gasteiger partial charge is 0.325 e. The first-order valence-corrected chi connectivity index (χ1v) is 9.03. The molecule has 12 nitrogen and oxygen atoms in total. The summed E-state index contributed by atoms with van der Waals surface area (Å²) >= 11 is 5.70. The number of aryl methyl sites for hydroxylation is 1. The number of imidazole rings is 1. The maximum absolute atomic E-state index is 12.1. The van der Waals surface area contributed by atoms with E-state index in [1.807, 2.05) is 0 Å². The molecule has 0 spiro atoms. The van der Waals surface area contributed by atoms with Crippen molar-refractivity contribution in [3.8, 4) is 0 Å². The average molecular weight is 434 g/mol. The van der Waals surface area contributed by atoms with E-state index < -0.39 is 22.5 Å². The van der Waals surface area contributed by atoms with E-state index >= 15 is 0 Å². The van der Waals surface area contributed by atoms with Crippen LogP contribution in [0.3, 0.4) is 0 Å². The Morgan fingerprint density at radius 3 is 2.87 bits per heavy atom. The number of nitrogen functional groups attached to an aromatic ring is 1. The first kappa shape index (κ1) is 20.9. The zero-order valence-corrected chi connectivity index (χ0v) is 16.2. The Bertz CT molecular complexity index is 1120. The van der Waals surface area contributed by atoms with Gasteiger partial charge in [-0.15, -0.1) is 0 Å². The van der Waals surface area contributed by atoms with Gasteiger partial charge < -0.3 is 20.4 Å². The zero-order chi connectivity index (χ0) is 21.7. The van der Waals surface area contributed by atoms with Crippen LogP contribution in [0.4, 0.5) is 11.5 Å². The highest BCUT2D eigenvalue weighted by Gasteiger charge is 2.17. The van der Waals surface area contributed by atoms with Gasteiger partial charge in [0.05, 0.1) is 17.9 Å². The Morgan fingerprint density at radius 1 is 1.30 bits per heavy atom. The molecule has 0 aliphatic carbocycles. The van der Waals surface area contributed by atoms with E-state index in [9.17, 15) is 19.7 Å². The minimum atomic E-state index is -0.697. The van der Waals surface area contributed by atoms with Gasteiger partial charge in [-0.3, -0.25) is 19.7 Å². The van der Waals surface area contributed by atoms with Crippen LogP contribution in [0.15, 0.2) is 30.9 Å². The van der Waals surface area contributed by atoms with E-state index in [2.05, 4.69) is 20.3 Å². The summed E-state index contributed by atoms with van der Waals surface area (Å²) in [6.07, 6.45) is 3.40. The van der Waals surface area contributed by atoms with E-state index in [1.54, 1.807) is 10.9 Å². The Morgan fingerprint density at radius 2 is 2.10 bits per heavy atom. The summed E-state index contributed by atoms with van der Waals surface area (Å²) in [6.45, 7) is 0.218. The van der Waals surface area contributed by atoms with Gasteiger partial charge >= 0.3 is 5.97 Å². The van der Waals surface area contributed by atoms with Gasteiger partial charge in [-0.05, 0) is 18.6 Å². The highest BCUT2D eigenvalue weighted by Crippen LogP contribution is 2.25. The van der Waals surface area contributed by atoms with E-state index in [1.165, 1.54) is 18.5 Å². The first-order chi connectivity index (χ1) is 14.4. The van der Waals surface area contributed by atoms with Crippen molar-refractivity contribution in [1.82, 2.24) is 24.8 Å². The molecule has 0 radical (unpaired) electrons. The number of hydrogen-bond acceptors (Lipinski definition) is 9. The van der Waals surface area contributed by atoms with E-state index in [0.717, 1.165) is 6.07 Å². The molecule has 0 fully saturated rings. The molecule has 3 rings (SSSR count). The Kier molecular flexibility index (Phi) is 6.37. The quantitative estimate of drug-likeness (QED) is 0.230. The third kappa shape index (κ3) is 4.78. The van der Waals surface area contributed by atoms with Crippen molar-refractivity contribution in [1.29, 1.82) is 0 Å². The van der Waals surface area contributed by atoms with Crippen LogP contribution in [0.25, 0.3) is 11.2 Å². The molecular weight excluding hydrogens is 418 g/mol. The lowest BCUT2D eigenvalue weighted by atomic mass is 10.2. The lowest BCUT2D eigenvalue weighted by Crippen LogP contribution is -2.30. The van der Waals surface area contributed by atoms with E-state index in [-0.39, 0.29) is 29.6 Å². The molecule has 0 aliphatic rings. The number of carbonyl (C=O) groups is 2. The lowest BCUT2D eigenvalue weighted by molar-refractivity contribution is -0.384. The molecule has 0 bridgehead atoms. The number of esters is 1. The lowest BCUT2D eigenvalue weighted by Gasteiger charge is -2.07. The van der Waals surface area contributed by atoms with Crippen molar-refractivity contribution >= 4 is 46.1 Å². The van der Waals surface area contributed by atoms with Gasteiger partial charge in [-0.25, -0.2) is 15.0 Å². The summed E-state index contributed by atoms with van der Waals surface area (Å²) < 4.78 is 6.83. The molecule has 0 saturated carbocycles. The van der Waals surface area contributed by atoms with Gasteiger partial charge in [0.15, 0.2) is 11.5 Å². The number of halogens is 1. The number of nitro groups is 1. The van der Waals surface area contributed by atoms with Gasteiger partial charge in [-0.2, -0.15) is 0 Å². The molecule has 30 heavy (non-hydrogen) atoms. The van der Waals surface area contributed by atoms with Crippen molar-refractivity contribution in [2.75, 3.05) is 18.9 Å². The molecule has 0 aliphatic heterocycles. The van der Waals surface area contributed by atoms with Crippen molar-refractivity contribution in [3.63, 3.8) is 0 Å². The van der Waals surface area contributed by atoms with Crippen molar-refractivity contribution < 1.29 is 19.2 Å². The second-order valence-corrected chi connectivity index (χ2v) is 6.46. The molecule has 0 saturated heterocycles. The number of anilines is 1. The van der Waals surface area contributed by atoms with Crippen LogP contribution in [-0.2, 0) is 16.1 Å². The fourth-order valence-electron chi connectivity index (χ4n) is 2.58. The number of ether oxygens (including phenoxy) is 1. The third-order valence-corrected chi connectivity index (χ3v) is 4.35.